The van der Waals surface area contributed by atoms with Gasteiger partial charge < -0.3 is 8.92 Å². The van der Waals surface area contributed by atoms with Gasteiger partial charge in [-0.3, -0.25) is 0 Å². The maximum absolute atomic E-state index is 10.5. The van der Waals surface area contributed by atoms with E-state index < -0.39 is 11.4 Å². The second-order valence-electron chi connectivity index (χ2n) is 2.63. The summed E-state index contributed by atoms with van der Waals surface area (Å²) in [6.45, 7) is 2.67. The van der Waals surface area contributed by atoms with Crippen LogP contribution in [-0.4, -0.2) is 16.9 Å². The number of rotatable bonds is 5. The van der Waals surface area contributed by atoms with Crippen LogP contribution in [-0.2, 0) is 24.6 Å². The molecule has 1 aliphatic rings. The first kappa shape index (κ1) is 10.3. The van der Waals surface area contributed by atoms with Crippen LogP contribution in [0.3, 0.4) is 0 Å². The van der Waals surface area contributed by atoms with E-state index in [2.05, 4.69) is 20.5 Å². The number of oxime groups is 1. The Morgan fingerprint density at radius 2 is 2.31 bits per heavy atom. The topological polar surface area (TPSA) is 57.1 Å². The van der Waals surface area contributed by atoms with Gasteiger partial charge in [-0.1, -0.05) is 26.2 Å². The number of unbranched alkanes of at least 4 members (excludes halogenated alkanes) is 3. The Balaban J connectivity index is 1.97. The molecule has 0 N–H and O–H groups in total. The third-order valence-corrected chi connectivity index (χ3v) is 2.01. The smallest absolute Gasteiger partial charge is 0.443 e. The van der Waals surface area contributed by atoms with Gasteiger partial charge in [-0.05, 0) is 6.42 Å². The lowest BCUT2D eigenvalue weighted by atomic mass is 10.2. The molecule has 1 atom stereocenters. The van der Waals surface area contributed by atoms with Crippen molar-refractivity contribution in [3.8, 4) is 0 Å². The third kappa shape index (κ3) is 4.12. The minimum absolute atomic E-state index is 0.0326. The van der Waals surface area contributed by atoms with Crippen LogP contribution in [0.25, 0.3) is 0 Å². The minimum atomic E-state index is -1.79. The van der Waals surface area contributed by atoms with E-state index >= 15 is 0 Å². The number of hydrogen-bond donors (Lipinski definition) is 0. The van der Waals surface area contributed by atoms with Crippen molar-refractivity contribution in [2.75, 3.05) is 6.61 Å². The van der Waals surface area contributed by atoms with Crippen LogP contribution in [0.4, 0.5) is 0 Å². The van der Waals surface area contributed by atoms with E-state index in [9.17, 15) is 4.21 Å². The summed E-state index contributed by atoms with van der Waals surface area (Å²) in [6.07, 6.45) is 4.41. The van der Waals surface area contributed by atoms with Gasteiger partial charge in [0.15, 0.2) is 0 Å². The summed E-state index contributed by atoms with van der Waals surface area (Å²) in [5.74, 6) is 0. The van der Waals surface area contributed by atoms with Gasteiger partial charge in [0.05, 0.1) is 6.61 Å². The standard InChI is InChI=1S/C7H13NO4S/c1-2-3-4-5-6-10-7-8-12-13(9)11-7/h2-6H2,1H3. The lowest BCUT2D eigenvalue weighted by molar-refractivity contribution is 0.237. The SMILES string of the molecule is CCCCCCOC1=NOS(=O)O1. The maximum Gasteiger partial charge on any atom is 0.443 e. The Morgan fingerprint density at radius 3 is 2.92 bits per heavy atom. The average Bonchev–Trinajstić information content (AvgIpc) is 2.51. The maximum atomic E-state index is 10.5. The van der Waals surface area contributed by atoms with E-state index in [4.69, 9.17) is 4.74 Å². The molecule has 0 aromatic heterocycles. The summed E-state index contributed by atoms with van der Waals surface area (Å²) >= 11 is -1.79. The fraction of sp³-hybridized carbons (Fsp3) is 0.857. The molecule has 1 rings (SSSR count). The molecule has 0 spiro atoms. The van der Waals surface area contributed by atoms with E-state index in [1.165, 1.54) is 12.8 Å². The molecule has 0 aliphatic carbocycles. The van der Waals surface area contributed by atoms with Gasteiger partial charge >= 0.3 is 17.4 Å². The van der Waals surface area contributed by atoms with Crippen LogP contribution in [0.15, 0.2) is 5.16 Å². The number of ether oxygens (including phenoxy) is 1. The van der Waals surface area contributed by atoms with Gasteiger partial charge in [0.25, 0.3) is 0 Å². The summed E-state index contributed by atoms with van der Waals surface area (Å²) in [7, 11) is 0. The molecule has 0 radical (unpaired) electrons. The number of nitrogens with zero attached hydrogens (tertiary/aromatic N) is 1. The van der Waals surface area contributed by atoms with Crippen molar-refractivity contribution in [3.63, 3.8) is 0 Å². The zero-order valence-electron chi connectivity index (χ0n) is 7.52. The highest BCUT2D eigenvalue weighted by molar-refractivity contribution is 7.75. The molecule has 0 saturated carbocycles. The van der Waals surface area contributed by atoms with Gasteiger partial charge in [-0.15, -0.1) is 0 Å². The highest BCUT2D eigenvalue weighted by Crippen LogP contribution is 2.05. The van der Waals surface area contributed by atoms with Crippen LogP contribution in [0, 0.1) is 0 Å². The van der Waals surface area contributed by atoms with Gasteiger partial charge in [0.2, 0.25) is 0 Å². The molecular weight excluding hydrogens is 194 g/mol. The lowest BCUT2D eigenvalue weighted by Gasteiger charge is -2.00. The molecule has 1 aliphatic heterocycles. The first-order chi connectivity index (χ1) is 6.33. The second kappa shape index (κ2) is 5.80. The van der Waals surface area contributed by atoms with Crippen molar-refractivity contribution in [1.82, 2.24) is 0 Å². The van der Waals surface area contributed by atoms with E-state index in [1.807, 2.05) is 0 Å². The minimum Gasteiger partial charge on any atom is -0.448 e. The Bertz CT molecular complexity index is 207. The largest absolute Gasteiger partial charge is 0.448 e. The van der Waals surface area contributed by atoms with Crippen molar-refractivity contribution in [2.24, 2.45) is 5.16 Å². The normalized spacial score (nSPS) is 20.4. The van der Waals surface area contributed by atoms with Crippen molar-refractivity contribution in [3.05, 3.63) is 0 Å². The van der Waals surface area contributed by atoms with Crippen LogP contribution in [0.5, 0.6) is 0 Å². The van der Waals surface area contributed by atoms with Gasteiger partial charge in [-0.2, -0.15) is 4.21 Å². The summed E-state index contributed by atoms with van der Waals surface area (Å²) in [4.78, 5) is 0. The van der Waals surface area contributed by atoms with Crippen LogP contribution < -0.4 is 0 Å². The summed E-state index contributed by atoms with van der Waals surface area (Å²) < 4.78 is 24.3. The molecule has 0 saturated heterocycles. The predicted molar refractivity (Wildman–Crippen MR) is 47.8 cm³/mol. The van der Waals surface area contributed by atoms with Gasteiger partial charge in [0.1, 0.15) is 0 Å². The van der Waals surface area contributed by atoms with Gasteiger partial charge in [-0.25, -0.2) is 4.28 Å². The van der Waals surface area contributed by atoms with Crippen molar-refractivity contribution >= 4 is 17.4 Å². The summed E-state index contributed by atoms with van der Waals surface area (Å²) in [5.41, 5.74) is 0. The quantitative estimate of drug-likeness (QED) is 0.641. The molecule has 1 unspecified atom stereocenters. The third-order valence-electron chi connectivity index (χ3n) is 1.54. The Labute approximate surface area is 79.9 Å². The summed E-state index contributed by atoms with van der Waals surface area (Å²) in [5, 5.41) is 3.31. The Hall–Kier alpha value is -0.780. The highest BCUT2D eigenvalue weighted by Gasteiger charge is 2.18. The monoisotopic (exact) mass is 207 g/mol. The number of hydrogen-bond acceptors (Lipinski definition) is 5. The molecule has 0 bridgehead atoms. The highest BCUT2D eigenvalue weighted by atomic mass is 32.2. The average molecular weight is 207 g/mol. The van der Waals surface area contributed by atoms with Crippen molar-refractivity contribution < 1.29 is 17.4 Å². The lowest BCUT2D eigenvalue weighted by Crippen LogP contribution is -2.06. The van der Waals surface area contributed by atoms with E-state index in [1.54, 1.807) is 0 Å². The van der Waals surface area contributed by atoms with E-state index in [0.29, 0.717) is 6.61 Å². The fourth-order valence-electron chi connectivity index (χ4n) is 0.888. The molecule has 0 aromatic carbocycles. The molecule has 13 heavy (non-hydrogen) atoms. The van der Waals surface area contributed by atoms with Crippen molar-refractivity contribution in [2.45, 2.75) is 32.6 Å². The zero-order valence-corrected chi connectivity index (χ0v) is 8.34. The zero-order chi connectivity index (χ0) is 9.52. The molecule has 76 valence electrons. The molecular formula is C7H13NO4S. The first-order valence-corrected chi connectivity index (χ1v) is 5.31. The molecule has 0 amide bonds. The van der Waals surface area contributed by atoms with Crippen LogP contribution in [0.2, 0.25) is 0 Å². The van der Waals surface area contributed by atoms with Crippen LogP contribution >= 0.6 is 0 Å². The Morgan fingerprint density at radius 1 is 1.46 bits per heavy atom. The molecule has 6 heteroatoms. The second-order valence-corrected chi connectivity index (χ2v) is 3.35. The Kier molecular flexibility index (Phi) is 4.59. The molecule has 1 heterocycles. The first-order valence-electron chi connectivity index (χ1n) is 4.31. The van der Waals surface area contributed by atoms with Crippen LogP contribution in [0.1, 0.15) is 32.6 Å². The molecule has 5 nitrogen and oxygen atoms in total. The van der Waals surface area contributed by atoms with E-state index in [-0.39, 0.29) is 6.08 Å². The predicted octanol–water partition coefficient (Wildman–Crippen LogP) is 1.48. The summed E-state index contributed by atoms with van der Waals surface area (Å²) in [6, 6.07) is 0. The fourth-order valence-corrected chi connectivity index (χ4v) is 1.24. The van der Waals surface area contributed by atoms with Gasteiger partial charge in [0, 0.05) is 5.16 Å². The van der Waals surface area contributed by atoms with E-state index in [0.717, 1.165) is 12.8 Å². The molecule has 0 fully saturated rings. The van der Waals surface area contributed by atoms with Crippen molar-refractivity contribution in [1.29, 1.82) is 0 Å². The molecule has 0 aromatic rings.